The number of amides is 2. The van der Waals surface area contributed by atoms with Crippen LogP contribution in [0.3, 0.4) is 0 Å². The van der Waals surface area contributed by atoms with Crippen molar-refractivity contribution < 1.29 is 14.3 Å². The Kier molecular flexibility index (Phi) is 5.04. The van der Waals surface area contributed by atoms with E-state index in [4.69, 9.17) is 27.9 Å². The fourth-order valence-electron chi connectivity index (χ4n) is 2.88. The van der Waals surface area contributed by atoms with Crippen LogP contribution in [0.15, 0.2) is 16.6 Å². The lowest BCUT2D eigenvalue weighted by Gasteiger charge is -2.35. The van der Waals surface area contributed by atoms with E-state index in [-0.39, 0.29) is 17.7 Å². The molecule has 0 aromatic heterocycles. The van der Waals surface area contributed by atoms with Crippen molar-refractivity contribution in [1.82, 2.24) is 9.80 Å². The number of fused-ring (bicyclic) bond motifs is 1. The number of piperazine rings is 1. The van der Waals surface area contributed by atoms with Gasteiger partial charge in [0.05, 0.1) is 4.47 Å². The molecule has 0 spiro atoms. The van der Waals surface area contributed by atoms with Gasteiger partial charge in [-0.15, -0.1) is 11.6 Å². The first-order valence-corrected chi connectivity index (χ1v) is 8.97. The van der Waals surface area contributed by atoms with Crippen LogP contribution in [0.4, 0.5) is 0 Å². The second kappa shape index (κ2) is 6.87. The molecule has 2 heterocycles. The summed E-state index contributed by atoms with van der Waals surface area (Å²) in [6.45, 7) is 2.01. The number of hydrogen-bond acceptors (Lipinski definition) is 3. The molecule has 5 nitrogen and oxygen atoms in total. The predicted octanol–water partition coefficient (Wildman–Crippen LogP) is 2.32. The molecule has 0 aliphatic carbocycles. The van der Waals surface area contributed by atoms with E-state index in [0.29, 0.717) is 43.4 Å². The van der Waals surface area contributed by atoms with Crippen LogP contribution in [-0.4, -0.2) is 59.8 Å². The normalized spacial score (nSPS) is 20.2. The molecule has 1 atom stereocenters. The van der Waals surface area contributed by atoms with Gasteiger partial charge in [0.2, 0.25) is 5.91 Å². The Morgan fingerprint density at radius 3 is 2.52 bits per heavy atom. The van der Waals surface area contributed by atoms with Crippen LogP contribution < -0.4 is 4.74 Å². The second-order valence-corrected chi connectivity index (χ2v) is 7.08. The summed E-state index contributed by atoms with van der Waals surface area (Å²) in [7, 11) is 0. The highest BCUT2D eigenvalue weighted by Crippen LogP contribution is 2.38. The molecule has 0 saturated carbocycles. The van der Waals surface area contributed by atoms with Crippen molar-refractivity contribution >= 4 is 50.9 Å². The molecule has 1 aromatic rings. The summed E-state index contributed by atoms with van der Waals surface area (Å²) in [5, 5.41) is 0.612. The molecular weight excluding hydrogens is 407 g/mol. The number of hydrogen-bond donors (Lipinski definition) is 0. The molecular formula is C15H15BrCl2N2O3. The van der Waals surface area contributed by atoms with Crippen LogP contribution in [0.2, 0.25) is 5.02 Å². The van der Waals surface area contributed by atoms with Crippen molar-refractivity contribution in [2.45, 2.75) is 12.5 Å². The molecule has 1 aromatic carbocycles. The van der Waals surface area contributed by atoms with Gasteiger partial charge in [0.15, 0.2) is 6.10 Å². The Morgan fingerprint density at radius 2 is 1.87 bits per heavy atom. The van der Waals surface area contributed by atoms with E-state index in [1.807, 2.05) is 6.07 Å². The third-order valence-electron chi connectivity index (χ3n) is 4.08. The Hall–Kier alpha value is -0.980. The highest BCUT2D eigenvalue weighted by molar-refractivity contribution is 9.10. The predicted molar refractivity (Wildman–Crippen MR) is 91.2 cm³/mol. The third-order valence-corrected chi connectivity index (χ3v) is 5.12. The van der Waals surface area contributed by atoms with Crippen molar-refractivity contribution in [1.29, 1.82) is 0 Å². The zero-order chi connectivity index (χ0) is 16.6. The second-order valence-electron chi connectivity index (χ2n) is 5.53. The lowest BCUT2D eigenvalue weighted by molar-refractivity contribution is -0.143. The summed E-state index contributed by atoms with van der Waals surface area (Å²) < 4.78 is 6.56. The maximum Gasteiger partial charge on any atom is 0.264 e. The standard InChI is InChI=1S/C15H15BrCl2N2O3/c16-11-7-10(18)5-9-6-12(23-14(9)11)15(22)20-3-1-19(2-4-20)13(21)8-17/h5,7,12H,1-4,6,8H2. The van der Waals surface area contributed by atoms with E-state index in [1.54, 1.807) is 15.9 Å². The molecule has 0 radical (unpaired) electrons. The van der Waals surface area contributed by atoms with Gasteiger partial charge in [-0.1, -0.05) is 11.6 Å². The van der Waals surface area contributed by atoms with Gasteiger partial charge in [0.25, 0.3) is 5.91 Å². The third kappa shape index (κ3) is 3.44. The summed E-state index contributed by atoms with van der Waals surface area (Å²) in [5.74, 6) is 0.511. The smallest absolute Gasteiger partial charge is 0.264 e. The number of carbonyl (C=O) groups is 2. The molecule has 0 bridgehead atoms. The van der Waals surface area contributed by atoms with Gasteiger partial charge in [-0.3, -0.25) is 9.59 Å². The molecule has 1 fully saturated rings. The molecule has 1 unspecified atom stereocenters. The number of halogens is 3. The lowest BCUT2D eigenvalue weighted by atomic mass is 10.1. The van der Waals surface area contributed by atoms with Crippen LogP contribution in [0.25, 0.3) is 0 Å². The molecule has 23 heavy (non-hydrogen) atoms. The minimum Gasteiger partial charge on any atom is -0.479 e. The van der Waals surface area contributed by atoms with Crippen LogP contribution in [0.1, 0.15) is 5.56 Å². The first-order chi connectivity index (χ1) is 11.0. The summed E-state index contributed by atoms with van der Waals surface area (Å²) in [5.41, 5.74) is 0.929. The number of nitrogens with zero attached hydrogens (tertiary/aromatic N) is 2. The number of benzene rings is 1. The minimum absolute atomic E-state index is 0.0240. The maximum absolute atomic E-state index is 12.6. The zero-order valence-electron chi connectivity index (χ0n) is 12.2. The van der Waals surface area contributed by atoms with Crippen molar-refractivity contribution in [2.24, 2.45) is 0 Å². The quantitative estimate of drug-likeness (QED) is 0.688. The first-order valence-electron chi connectivity index (χ1n) is 7.26. The highest BCUT2D eigenvalue weighted by atomic mass is 79.9. The Balaban J connectivity index is 1.63. The number of carbonyl (C=O) groups excluding carboxylic acids is 2. The van der Waals surface area contributed by atoms with Crippen LogP contribution in [0.5, 0.6) is 5.75 Å². The highest BCUT2D eigenvalue weighted by Gasteiger charge is 2.35. The largest absolute Gasteiger partial charge is 0.479 e. The van der Waals surface area contributed by atoms with Gasteiger partial charge >= 0.3 is 0 Å². The fraction of sp³-hybridized carbons (Fsp3) is 0.467. The Morgan fingerprint density at radius 1 is 1.22 bits per heavy atom. The number of rotatable bonds is 2. The van der Waals surface area contributed by atoms with Crippen molar-refractivity contribution in [3.05, 3.63) is 27.2 Å². The van der Waals surface area contributed by atoms with Gasteiger partial charge in [-0.05, 0) is 28.1 Å². The van der Waals surface area contributed by atoms with Gasteiger partial charge in [0, 0.05) is 43.2 Å². The monoisotopic (exact) mass is 420 g/mol. The maximum atomic E-state index is 12.6. The number of alkyl halides is 1. The summed E-state index contributed by atoms with van der Waals surface area (Å²) in [6.07, 6.45) is -0.0243. The van der Waals surface area contributed by atoms with E-state index in [2.05, 4.69) is 15.9 Å². The first kappa shape index (κ1) is 16.9. The molecule has 1 saturated heterocycles. The van der Waals surface area contributed by atoms with E-state index in [1.165, 1.54) is 0 Å². The minimum atomic E-state index is -0.532. The van der Waals surface area contributed by atoms with E-state index in [0.717, 1.165) is 10.0 Å². The van der Waals surface area contributed by atoms with E-state index in [9.17, 15) is 9.59 Å². The molecule has 8 heteroatoms. The summed E-state index contributed by atoms with van der Waals surface area (Å²) in [6, 6.07) is 3.58. The summed E-state index contributed by atoms with van der Waals surface area (Å²) >= 11 is 15.0. The van der Waals surface area contributed by atoms with Gasteiger partial charge in [-0.25, -0.2) is 0 Å². The van der Waals surface area contributed by atoms with Crippen molar-refractivity contribution in [2.75, 3.05) is 32.1 Å². The van der Waals surface area contributed by atoms with Crippen LogP contribution in [0, 0.1) is 0 Å². The zero-order valence-corrected chi connectivity index (χ0v) is 15.3. The van der Waals surface area contributed by atoms with E-state index < -0.39 is 6.10 Å². The van der Waals surface area contributed by atoms with Crippen LogP contribution >= 0.6 is 39.1 Å². The molecule has 2 aliphatic rings. The molecule has 0 N–H and O–H groups in total. The molecule has 2 amide bonds. The molecule has 3 rings (SSSR count). The van der Waals surface area contributed by atoms with Gasteiger partial charge in [-0.2, -0.15) is 0 Å². The Bertz CT molecular complexity index is 648. The average molecular weight is 422 g/mol. The Labute approximate surface area is 152 Å². The van der Waals surface area contributed by atoms with Crippen molar-refractivity contribution in [3.8, 4) is 5.75 Å². The average Bonchev–Trinajstić information content (AvgIpc) is 2.98. The topological polar surface area (TPSA) is 49.9 Å². The SMILES string of the molecule is O=C(CCl)N1CCN(C(=O)C2Cc3cc(Cl)cc(Br)c3O2)CC1. The van der Waals surface area contributed by atoms with E-state index >= 15 is 0 Å². The molecule has 2 aliphatic heterocycles. The molecule has 124 valence electrons. The number of ether oxygens (including phenoxy) is 1. The van der Waals surface area contributed by atoms with Gasteiger partial charge < -0.3 is 14.5 Å². The van der Waals surface area contributed by atoms with Crippen molar-refractivity contribution in [3.63, 3.8) is 0 Å². The fourth-order valence-corrected chi connectivity index (χ4v) is 4.02. The lowest BCUT2D eigenvalue weighted by Crippen LogP contribution is -2.53. The summed E-state index contributed by atoms with van der Waals surface area (Å²) in [4.78, 5) is 27.6. The van der Waals surface area contributed by atoms with Gasteiger partial charge in [0.1, 0.15) is 11.6 Å². The van der Waals surface area contributed by atoms with Crippen LogP contribution in [-0.2, 0) is 16.0 Å².